The van der Waals surface area contributed by atoms with Crippen LogP contribution in [0, 0.1) is 0 Å². The van der Waals surface area contributed by atoms with Crippen LogP contribution in [0.15, 0.2) is 23.1 Å². The Morgan fingerprint density at radius 3 is 2.50 bits per heavy atom. The highest BCUT2D eigenvalue weighted by atomic mass is 35.5. The summed E-state index contributed by atoms with van der Waals surface area (Å²) in [6.45, 7) is 6.09. The molecule has 1 heterocycles. The minimum atomic E-state index is -3.75. The lowest BCUT2D eigenvalue weighted by Crippen LogP contribution is -2.30. The Balaban J connectivity index is 1.98. The number of carbonyl (C=O) groups excluding carboxylic acids is 2. The van der Waals surface area contributed by atoms with Gasteiger partial charge in [-0.1, -0.05) is 25.4 Å². The van der Waals surface area contributed by atoms with E-state index in [1.165, 1.54) is 33.8 Å². The topological polar surface area (TPSA) is 92.8 Å². The molecule has 0 radical (unpaired) electrons. The second kappa shape index (κ2) is 10.3. The number of anilines is 1. The Kier molecular flexibility index (Phi) is 7.97. The van der Waals surface area contributed by atoms with Crippen LogP contribution in [-0.2, 0) is 27.6 Å². The van der Waals surface area contributed by atoms with Gasteiger partial charge in [-0.2, -0.15) is 4.31 Å². The van der Waals surface area contributed by atoms with E-state index in [0.717, 1.165) is 36.1 Å². The minimum Gasteiger partial charge on any atom is -0.462 e. The van der Waals surface area contributed by atoms with Crippen LogP contribution in [0.3, 0.4) is 0 Å². The van der Waals surface area contributed by atoms with E-state index < -0.39 is 21.9 Å². The monoisotopic (exact) mass is 498 g/mol. The number of amides is 1. The Hall–Kier alpha value is -1.94. The fraction of sp³-hybridized carbons (Fsp3) is 0.455. The Bertz CT molecular complexity index is 1120. The number of hydrogen-bond donors (Lipinski definition) is 1. The SMILES string of the molecule is CCOC(=O)c1c(NC(=O)c2cc(S(=O)(=O)N(CC)CC)ccc2Cl)sc2c1CCCC2. The molecule has 0 spiro atoms. The Morgan fingerprint density at radius 1 is 1.16 bits per heavy atom. The third-order valence-electron chi connectivity index (χ3n) is 5.40. The van der Waals surface area contributed by atoms with Gasteiger partial charge in [0.2, 0.25) is 10.0 Å². The highest BCUT2D eigenvalue weighted by Gasteiger charge is 2.29. The van der Waals surface area contributed by atoms with Crippen LogP contribution >= 0.6 is 22.9 Å². The predicted molar refractivity (Wildman–Crippen MR) is 126 cm³/mol. The smallest absolute Gasteiger partial charge is 0.341 e. The van der Waals surface area contributed by atoms with Crippen molar-refractivity contribution in [3.63, 3.8) is 0 Å². The highest BCUT2D eigenvalue weighted by molar-refractivity contribution is 7.89. The molecule has 7 nitrogen and oxygen atoms in total. The van der Waals surface area contributed by atoms with Crippen molar-refractivity contribution in [1.82, 2.24) is 4.31 Å². The van der Waals surface area contributed by atoms with Crippen molar-refractivity contribution < 1.29 is 22.7 Å². The molecule has 0 atom stereocenters. The molecule has 1 aliphatic carbocycles. The average molecular weight is 499 g/mol. The maximum atomic E-state index is 13.1. The lowest BCUT2D eigenvalue weighted by atomic mass is 9.95. The van der Waals surface area contributed by atoms with Crippen molar-refractivity contribution in [3.05, 3.63) is 44.8 Å². The van der Waals surface area contributed by atoms with Crippen LogP contribution in [0.1, 0.15) is 64.8 Å². The lowest BCUT2D eigenvalue weighted by Gasteiger charge is -2.19. The quantitative estimate of drug-likeness (QED) is 0.530. The molecule has 3 rings (SSSR count). The van der Waals surface area contributed by atoms with Gasteiger partial charge in [0, 0.05) is 18.0 Å². The van der Waals surface area contributed by atoms with Crippen LogP contribution in [0.2, 0.25) is 5.02 Å². The van der Waals surface area contributed by atoms with E-state index >= 15 is 0 Å². The van der Waals surface area contributed by atoms with Crippen molar-refractivity contribution >= 4 is 49.8 Å². The zero-order chi connectivity index (χ0) is 23.5. The van der Waals surface area contributed by atoms with E-state index in [-0.39, 0.29) is 22.1 Å². The summed E-state index contributed by atoms with van der Waals surface area (Å²) in [7, 11) is -3.75. The molecule has 1 aromatic heterocycles. The number of thiophene rings is 1. The molecule has 32 heavy (non-hydrogen) atoms. The summed E-state index contributed by atoms with van der Waals surface area (Å²) in [6, 6.07) is 4.07. The molecule has 1 aliphatic rings. The first kappa shape index (κ1) is 24.7. The maximum Gasteiger partial charge on any atom is 0.341 e. The fourth-order valence-electron chi connectivity index (χ4n) is 3.80. The van der Waals surface area contributed by atoms with Gasteiger partial charge in [0.1, 0.15) is 5.00 Å². The van der Waals surface area contributed by atoms with E-state index in [1.54, 1.807) is 20.8 Å². The summed E-state index contributed by atoms with van der Waals surface area (Å²) < 4.78 is 32.3. The van der Waals surface area contributed by atoms with Crippen molar-refractivity contribution in [2.24, 2.45) is 0 Å². The van der Waals surface area contributed by atoms with Crippen LogP contribution in [-0.4, -0.2) is 44.3 Å². The molecule has 2 aromatic rings. The van der Waals surface area contributed by atoms with Crippen molar-refractivity contribution in [2.75, 3.05) is 25.0 Å². The first-order valence-electron chi connectivity index (χ1n) is 10.7. The van der Waals surface area contributed by atoms with Crippen molar-refractivity contribution in [1.29, 1.82) is 0 Å². The van der Waals surface area contributed by atoms with Crippen LogP contribution < -0.4 is 5.32 Å². The largest absolute Gasteiger partial charge is 0.462 e. The molecule has 0 saturated carbocycles. The predicted octanol–water partition coefficient (Wildman–Crippen LogP) is 4.74. The van der Waals surface area contributed by atoms with Crippen molar-refractivity contribution in [3.8, 4) is 0 Å². The molecular formula is C22H27ClN2O5S2. The molecular weight excluding hydrogens is 472 g/mol. The number of hydrogen-bond acceptors (Lipinski definition) is 6. The third-order valence-corrected chi connectivity index (χ3v) is 8.99. The number of nitrogens with one attached hydrogen (secondary N) is 1. The molecule has 1 aromatic carbocycles. The number of nitrogens with zero attached hydrogens (tertiary/aromatic N) is 1. The van der Waals surface area contributed by atoms with E-state index in [1.807, 2.05) is 0 Å². The number of esters is 1. The molecule has 1 amide bonds. The maximum absolute atomic E-state index is 13.1. The average Bonchev–Trinajstić information content (AvgIpc) is 3.12. The van der Waals surface area contributed by atoms with E-state index in [2.05, 4.69) is 5.32 Å². The lowest BCUT2D eigenvalue weighted by molar-refractivity contribution is 0.0526. The van der Waals surface area contributed by atoms with Gasteiger partial charge in [-0.15, -0.1) is 11.3 Å². The van der Waals surface area contributed by atoms with Gasteiger partial charge in [0.05, 0.1) is 27.7 Å². The number of benzene rings is 1. The van der Waals surface area contributed by atoms with Crippen LogP contribution in [0.25, 0.3) is 0 Å². The van der Waals surface area contributed by atoms with Crippen LogP contribution in [0.4, 0.5) is 5.00 Å². The van der Waals surface area contributed by atoms with E-state index in [9.17, 15) is 18.0 Å². The minimum absolute atomic E-state index is 0.00756. The molecule has 0 saturated heterocycles. The Morgan fingerprint density at radius 2 is 1.84 bits per heavy atom. The molecule has 0 fully saturated rings. The summed E-state index contributed by atoms with van der Waals surface area (Å²) in [6.07, 6.45) is 3.61. The van der Waals surface area contributed by atoms with Crippen LogP contribution in [0.5, 0.6) is 0 Å². The number of halogens is 1. The highest BCUT2D eigenvalue weighted by Crippen LogP contribution is 2.39. The molecule has 10 heteroatoms. The molecule has 0 bridgehead atoms. The number of carbonyl (C=O) groups is 2. The van der Waals surface area contributed by atoms with Gasteiger partial charge in [-0.3, -0.25) is 4.79 Å². The number of rotatable bonds is 8. The first-order valence-corrected chi connectivity index (χ1v) is 13.3. The molecule has 0 unspecified atom stereocenters. The van der Waals surface area contributed by atoms with Crippen molar-refractivity contribution in [2.45, 2.75) is 51.3 Å². The summed E-state index contributed by atoms with van der Waals surface area (Å²) >= 11 is 7.61. The van der Waals surface area contributed by atoms with Gasteiger partial charge in [0.25, 0.3) is 5.91 Å². The number of aryl methyl sites for hydroxylation is 1. The molecule has 174 valence electrons. The fourth-order valence-corrected chi connectivity index (χ4v) is 6.76. The van der Waals surface area contributed by atoms with Gasteiger partial charge in [-0.25, -0.2) is 13.2 Å². The zero-order valence-corrected chi connectivity index (χ0v) is 20.8. The first-order chi connectivity index (χ1) is 15.2. The molecule has 0 aliphatic heterocycles. The second-order valence-corrected chi connectivity index (χ2v) is 10.8. The van der Waals surface area contributed by atoms with Gasteiger partial charge < -0.3 is 10.1 Å². The van der Waals surface area contributed by atoms with Gasteiger partial charge >= 0.3 is 5.97 Å². The number of ether oxygens (including phenoxy) is 1. The van der Waals surface area contributed by atoms with Gasteiger partial charge in [0.15, 0.2) is 0 Å². The normalized spacial score (nSPS) is 13.7. The molecule has 1 N–H and O–H groups in total. The number of sulfonamides is 1. The van der Waals surface area contributed by atoms with E-state index in [4.69, 9.17) is 16.3 Å². The summed E-state index contributed by atoms with van der Waals surface area (Å²) in [5.41, 5.74) is 1.35. The zero-order valence-electron chi connectivity index (χ0n) is 18.4. The summed E-state index contributed by atoms with van der Waals surface area (Å²) in [5, 5.41) is 3.32. The number of fused-ring (bicyclic) bond motifs is 1. The second-order valence-electron chi connectivity index (χ2n) is 7.32. The summed E-state index contributed by atoms with van der Waals surface area (Å²) in [4.78, 5) is 26.8. The van der Waals surface area contributed by atoms with E-state index in [0.29, 0.717) is 23.7 Å². The standard InChI is InChI=1S/C22H27ClN2O5S2/c1-4-25(5-2)32(28,29)14-11-12-17(23)16(13-14)20(26)24-21-19(22(27)30-6-3)15-9-7-8-10-18(15)31-21/h11-13H,4-10H2,1-3H3,(H,24,26). The summed E-state index contributed by atoms with van der Waals surface area (Å²) in [5.74, 6) is -1.04. The third kappa shape index (κ3) is 4.85. The Labute approximate surface area is 197 Å². The van der Waals surface area contributed by atoms with Gasteiger partial charge in [-0.05, 0) is 56.4 Å².